The minimum absolute atomic E-state index is 0.00758. The number of hydrogen-bond donors (Lipinski definition) is 1. The van der Waals surface area contributed by atoms with Crippen molar-refractivity contribution in [3.05, 3.63) is 84.8 Å². The molecule has 0 saturated carbocycles. The molecule has 0 radical (unpaired) electrons. The maximum Gasteiger partial charge on any atom is 0.272 e. The van der Waals surface area contributed by atoms with Crippen LogP contribution in [-0.4, -0.2) is 35.2 Å². The van der Waals surface area contributed by atoms with Gasteiger partial charge >= 0.3 is 0 Å². The fraction of sp³-hybridized carbons (Fsp3) is 0.143. The number of nitrogen functional groups attached to an aromatic ring is 1. The maximum absolute atomic E-state index is 15.3. The lowest BCUT2D eigenvalue weighted by molar-refractivity contribution is 0.0959. The lowest BCUT2D eigenvalue weighted by Gasteiger charge is -2.12. The van der Waals surface area contributed by atoms with Gasteiger partial charge in [0.05, 0.1) is 16.6 Å². The topological polar surface area (TPSA) is 138 Å². The Labute approximate surface area is 222 Å². The summed E-state index contributed by atoms with van der Waals surface area (Å²) in [7, 11) is 0. The Morgan fingerprint density at radius 3 is 2.59 bits per heavy atom. The molecule has 0 saturated heterocycles. The SMILES string of the molecule is CC(C)(C)C=C(C#N)C(=O)n1ccc(-n2nc(-c3ccc(Oc4ccccc4)nc3F)c3c(N)ncnc32)c1. The van der Waals surface area contributed by atoms with Crippen LogP contribution in [0.15, 0.2) is 78.9 Å². The molecule has 5 rings (SSSR count). The van der Waals surface area contributed by atoms with E-state index in [-0.39, 0.29) is 33.9 Å². The quantitative estimate of drug-likeness (QED) is 0.186. The van der Waals surface area contributed by atoms with Crippen molar-refractivity contribution in [3.63, 3.8) is 0 Å². The van der Waals surface area contributed by atoms with Gasteiger partial charge in [-0.1, -0.05) is 45.0 Å². The second-order valence-electron chi connectivity index (χ2n) is 9.74. The lowest BCUT2D eigenvalue weighted by Crippen LogP contribution is -2.13. The van der Waals surface area contributed by atoms with Crippen LogP contribution < -0.4 is 10.5 Å². The van der Waals surface area contributed by atoms with Crippen molar-refractivity contribution in [2.24, 2.45) is 5.41 Å². The molecular weight excluding hydrogens is 499 g/mol. The molecule has 0 amide bonds. The number of allylic oxidation sites excluding steroid dienone is 2. The van der Waals surface area contributed by atoms with Crippen molar-refractivity contribution < 1.29 is 13.9 Å². The molecule has 0 fully saturated rings. The Kier molecular flexibility index (Phi) is 6.37. The Morgan fingerprint density at radius 2 is 1.90 bits per heavy atom. The third-order valence-electron chi connectivity index (χ3n) is 5.62. The van der Waals surface area contributed by atoms with E-state index in [4.69, 9.17) is 10.5 Å². The van der Waals surface area contributed by atoms with E-state index < -0.39 is 11.9 Å². The molecule has 0 aliphatic heterocycles. The summed E-state index contributed by atoms with van der Waals surface area (Å²) < 4.78 is 23.6. The number of carbonyl (C=O) groups is 1. The lowest BCUT2D eigenvalue weighted by atomic mass is 9.93. The second-order valence-corrected chi connectivity index (χ2v) is 9.74. The normalized spacial score (nSPS) is 11.9. The molecule has 1 aromatic carbocycles. The fourth-order valence-corrected chi connectivity index (χ4v) is 3.95. The molecule has 0 atom stereocenters. The number of pyridine rings is 1. The van der Waals surface area contributed by atoms with Crippen LogP contribution in [0.5, 0.6) is 11.6 Å². The van der Waals surface area contributed by atoms with Crippen LogP contribution in [0.4, 0.5) is 10.2 Å². The van der Waals surface area contributed by atoms with Crippen LogP contribution in [0.3, 0.4) is 0 Å². The standard InChI is InChI=1S/C28H23FN8O2/c1-28(2,3)13-17(14-30)27(38)36-12-11-18(15-36)37-26-22(25(31)32-16-33-26)23(35-37)20-9-10-21(34-24(20)29)39-19-7-5-4-6-8-19/h4-13,15-16H,1-3H3,(H2,31,32,33). The summed E-state index contributed by atoms with van der Waals surface area (Å²) in [4.78, 5) is 25.3. The average Bonchev–Trinajstić information content (AvgIpc) is 3.53. The van der Waals surface area contributed by atoms with E-state index in [9.17, 15) is 10.1 Å². The van der Waals surface area contributed by atoms with Crippen molar-refractivity contribution in [2.45, 2.75) is 20.8 Å². The Balaban J connectivity index is 1.56. The summed E-state index contributed by atoms with van der Waals surface area (Å²) in [6.07, 6.45) is 5.91. The molecule has 2 N–H and O–H groups in total. The van der Waals surface area contributed by atoms with Gasteiger partial charge in [0, 0.05) is 18.5 Å². The highest BCUT2D eigenvalue weighted by molar-refractivity contribution is 6.00. The first-order chi connectivity index (χ1) is 18.6. The third kappa shape index (κ3) is 5.08. The van der Waals surface area contributed by atoms with Crippen molar-refractivity contribution in [3.8, 4) is 34.6 Å². The Bertz CT molecular complexity index is 1780. The smallest absolute Gasteiger partial charge is 0.272 e. The summed E-state index contributed by atoms with van der Waals surface area (Å²) in [5.41, 5.74) is 6.79. The van der Waals surface area contributed by atoms with Gasteiger partial charge in [0.2, 0.25) is 11.8 Å². The van der Waals surface area contributed by atoms with Gasteiger partial charge in [0.25, 0.3) is 5.91 Å². The second kappa shape index (κ2) is 9.83. The number of para-hydroxylation sites is 1. The number of hydrogen-bond acceptors (Lipinski definition) is 8. The average molecular weight is 523 g/mol. The van der Waals surface area contributed by atoms with Crippen LogP contribution in [0, 0.1) is 22.7 Å². The van der Waals surface area contributed by atoms with Gasteiger partial charge in [-0.15, -0.1) is 0 Å². The van der Waals surface area contributed by atoms with E-state index in [0.717, 1.165) is 0 Å². The van der Waals surface area contributed by atoms with E-state index in [1.54, 1.807) is 36.4 Å². The first-order valence-corrected chi connectivity index (χ1v) is 11.9. The molecular formula is C28H23FN8O2. The number of nitrogens with zero attached hydrogens (tertiary/aromatic N) is 7. The minimum atomic E-state index is -0.822. The molecule has 11 heteroatoms. The number of ether oxygens (including phenoxy) is 1. The number of nitriles is 1. The highest BCUT2D eigenvalue weighted by atomic mass is 19.1. The van der Waals surface area contributed by atoms with Crippen LogP contribution in [0.2, 0.25) is 0 Å². The summed E-state index contributed by atoms with van der Waals surface area (Å²) >= 11 is 0. The maximum atomic E-state index is 15.3. The van der Waals surface area contributed by atoms with Crippen molar-refractivity contribution in [1.29, 1.82) is 5.26 Å². The molecule has 10 nitrogen and oxygen atoms in total. The van der Waals surface area contributed by atoms with E-state index in [2.05, 4.69) is 20.1 Å². The molecule has 4 aromatic heterocycles. The summed E-state index contributed by atoms with van der Waals surface area (Å²) in [6.45, 7) is 5.69. The van der Waals surface area contributed by atoms with Gasteiger partial charge in [0.15, 0.2) is 5.65 Å². The van der Waals surface area contributed by atoms with Gasteiger partial charge in [-0.2, -0.15) is 19.7 Å². The van der Waals surface area contributed by atoms with Gasteiger partial charge in [0.1, 0.15) is 35.2 Å². The highest BCUT2D eigenvalue weighted by Gasteiger charge is 2.23. The monoisotopic (exact) mass is 522 g/mol. The van der Waals surface area contributed by atoms with Crippen LogP contribution in [0.1, 0.15) is 25.6 Å². The molecule has 5 aromatic rings. The molecule has 0 aliphatic rings. The number of aromatic nitrogens is 6. The van der Waals surface area contributed by atoms with Crippen molar-refractivity contribution >= 4 is 22.8 Å². The van der Waals surface area contributed by atoms with E-state index >= 15 is 4.39 Å². The van der Waals surface area contributed by atoms with E-state index in [0.29, 0.717) is 22.5 Å². The summed E-state index contributed by atoms with van der Waals surface area (Å²) in [5.74, 6) is -0.630. The van der Waals surface area contributed by atoms with Gasteiger partial charge in [-0.25, -0.2) is 14.6 Å². The van der Waals surface area contributed by atoms with Crippen molar-refractivity contribution in [2.75, 3.05) is 5.73 Å². The summed E-state index contributed by atoms with van der Waals surface area (Å²) in [6, 6.07) is 15.5. The van der Waals surface area contributed by atoms with Gasteiger partial charge in [-0.05, 0) is 29.7 Å². The number of anilines is 1. The molecule has 39 heavy (non-hydrogen) atoms. The number of nitrogens with two attached hydrogens (primary N) is 1. The Morgan fingerprint density at radius 1 is 1.13 bits per heavy atom. The fourth-order valence-electron chi connectivity index (χ4n) is 3.95. The third-order valence-corrected chi connectivity index (χ3v) is 5.62. The highest BCUT2D eigenvalue weighted by Crippen LogP contribution is 2.34. The Hall–Kier alpha value is -5.37. The zero-order chi connectivity index (χ0) is 27.7. The van der Waals surface area contributed by atoms with Crippen molar-refractivity contribution in [1.82, 2.24) is 29.3 Å². The molecule has 0 spiro atoms. The number of carbonyl (C=O) groups excluding carboxylic acids is 1. The zero-order valence-corrected chi connectivity index (χ0v) is 21.3. The van der Waals surface area contributed by atoms with E-state index in [1.165, 1.54) is 40.1 Å². The first kappa shape index (κ1) is 25.3. The van der Waals surface area contributed by atoms with Crippen LogP contribution in [-0.2, 0) is 0 Å². The minimum Gasteiger partial charge on any atom is -0.439 e. The summed E-state index contributed by atoms with van der Waals surface area (Å²) in [5, 5.41) is 14.4. The largest absolute Gasteiger partial charge is 0.439 e. The molecule has 0 bridgehead atoms. The van der Waals surface area contributed by atoms with Gasteiger partial charge < -0.3 is 10.5 Å². The molecule has 0 unspecified atom stereocenters. The number of halogens is 1. The van der Waals surface area contributed by atoms with Crippen LogP contribution >= 0.6 is 0 Å². The number of benzene rings is 1. The zero-order valence-electron chi connectivity index (χ0n) is 21.3. The number of rotatable bonds is 5. The molecule has 194 valence electrons. The number of fused-ring (bicyclic) bond motifs is 1. The predicted octanol–water partition coefficient (Wildman–Crippen LogP) is 5.33. The first-order valence-electron chi connectivity index (χ1n) is 11.9. The predicted molar refractivity (Wildman–Crippen MR) is 143 cm³/mol. The van der Waals surface area contributed by atoms with Gasteiger partial charge in [-0.3, -0.25) is 9.36 Å². The van der Waals surface area contributed by atoms with E-state index in [1.807, 2.05) is 32.9 Å². The van der Waals surface area contributed by atoms with Crippen LogP contribution in [0.25, 0.3) is 28.0 Å². The molecule has 4 heterocycles. The molecule has 0 aliphatic carbocycles.